The lowest BCUT2D eigenvalue weighted by Gasteiger charge is -2.16. The zero-order valence-corrected chi connectivity index (χ0v) is 16.3. The van der Waals surface area contributed by atoms with Gasteiger partial charge in [0.2, 0.25) is 0 Å². The molecule has 2 heterocycles. The molecular formula is C21H20N4O2S. The molecule has 0 bridgehead atoms. The Kier molecular flexibility index (Phi) is 5.16. The first-order valence-electron chi connectivity index (χ1n) is 9.20. The summed E-state index contributed by atoms with van der Waals surface area (Å²) in [5, 5.41) is 0. The maximum atomic E-state index is 12.4. The van der Waals surface area contributed by atoms with Crippen molar-refractivity contribution in [3.8, 4) is 11.4 Å². The highest BCUT2D eigenvalue weighted by Gasteiger charge is 2.21. The third-order valence-corrected chi connectivity index (χ3v) is 6.02. The van der Waals surface area contributed by atoms with Crippen LogP contribution in [0.15, 0.2) is 48.8 Å². The van der Waals surface area contributed by atoms with E-state index in [1.54, 1.807) is 0 Å². The number of hydrogen-bond acceptors (Lipinski definition) is 5. The molecule has 0 spiro atoms. The smallest absolute Gasteiger partial charge is 0.267 e. The van der Waals surface area contributed by atoms with Crippen molar-refractivity contribution in [2.24, 2.45) is 5.92 Å². The highest BCUT2D eigenvalue weighted by atomic mass is 32.1. The topological polar surface area (TPSA) is 84.0 Å². The number of amides is 2. The van der Waals surface area contributed by atoms with Gasteiger partial charge in [0.05, 0.1) is 10.4 Å². The molecular weight excluding hydrogens is 372 g/mol. The third-order valence-electron chi connectivity index (χ3n) is 4.79. The number of thiophene rings is 1. The normalized spacial score (nSPS) is 15.5. The van der Waals surface area contributed by atoms with Crippen molar-refractivity contribution in [3.63, 3.8) is 0 Å². The first kappa shape index (κ1) is 18.3. The average molecular weight is 392 g/mol. The highest BCUT2D eigenvalue weighted by molar-refractivity contribution is 7.14. The Morgan fingerprint density at radius 3 is 2.54 bits per heavy atom. The zero-order valence-electron chi connectivity index (χ0n) is 15.4. The second kappa shape index (κ2) is 7.90. The van der Waals surface area contributed by atoms with Crippen molar-refractivity contribution in [1.82, 2.24) is 20.8 Å². The van der Waals surface area contributed by atoms with Gasteiger partial charge in [-0.15, -0.1) is 11.3 Å². The predicted octanol–water partition coefficient (Wildman–Crippen LogP) is 3.40. The fourth-order valence-corrected chi connectivity index (χ4v) is 4.35. The minimum Gasteiger partial charge on any atom is -0.267 e. The number of hydrogen-bond donors (Lipinski definition) is 2. The van der Waals surface area contributed by atoms with Crippen molar-refractivity contribution in [3.05, 3.63) is 69.7 Å². The molecule has 2 N–H and O–H groups in total. The monoisotopic (exact) mass is 392 g/mol. The Labute approximate surface area is 167 Å². The summed E-state index contributed by atoms with van der Waals surface area (Å²) in [6.07, 6.45) is 6.08. The van der Waals surface area contributed by atoms with Gasteiger partial charge in [-0.2, -0.15) is 0 Å². The van der Waals surface area contributed by atoms with E-state index in [-0.39, 0.29) is 11.5 Å². The summed E-state index contributed by atoms with van der Waals surface area (Å²) in [6.45, 7) is 2.23. The van der Waals surface area contributed by atoms with Crippen molar-refractivity contribution < 1.29 is 9.59 Å². The maximum Gasteiger partial charge on any atom is 0.279 e. The first-order chi connectivity index (χ1) is 13.6. The molecule has 3 aromatic rings. The quantitative estimate of drug-likeness (QED) is 0.669. The molecule has 0 radical (unpaired) electrons. The van der Waals surface area contributed by atoms with E-state index in [1.807, 2.05) is 36.4 Å². The molecule has 2 amide bonds. The zero-order chi connectivity index (χ0) is 19.5. The molecule has 142 valence electrons. The molecule has 0 saturated carbocycles. The Morgan fingerprint density at radius 2 is 1.79 bits per heavy atom. The largest absolute Gasteiger partial charge is 0.279 e. The van der Waals surface area contributed by atoms with Crippen LogP contribution in [0.3, 0.4) is 0 Å². The van der Waals surface area contributed by atoms with Gasteiger partial charge in [0.1, 0.15) is 0 Å². The third kappa shape index (κ3) is 3.94. The Morgan fingerprint density at radius 1 is 1.07 bits per heavy atom. The van der Waals surface area contributed by atoms with Crippen LogP contribution in [0, 0.1) is 5.92 Å². The lowest BCUT2D eigenvalue weighted by Crippen LogP contribution is -2.41. The summed E-state index contributed by atoms with van der Waals surface area (Å²) in [7, 11) is 0. The van der Waals surface area contributed by atoms with Crippen molar-refractivity contribution in [1.29, 1.82) is 0 Å². The van der Waals surface area contributed by atoms with Crippen LogP contribution in [-0.2, 0) is 12.8 Å². The molecule has 28 heavy (non-hydrogen) atoms. The molecule has 1 unspecified atom stereocenters. The summed E-state index contributed by atoms with van der Waals surface area (Å²) < 4.78 is 0. The number of carbonyl (C=O) groups is 2. The van der Waals surface area contributed by atoms with Gasteiger partial charge in [0.15, 0.2) is 5.82 Å². The molecule has 0 aliphatic heterocycles. The SMILES string of the molecule is CC1CCc2sc(C(=O)NNC(=O)c3cnc(-c4ccccc4)nc3)cc2C1. The number of aromatic nitrogens is 2. The summed E-state index contributed by atoms with van der Waals surface area (Å²) in [5.41, 5.74) is 7.32. The van der Waals surface area contributed by atoms with Crippen molar-refractivity contribution in [2.45, 2.75) is 26.2 Å². The second-order valence-electron chi connectivity index (χ2n) is 6.98. The van der Waals surface area contributed by atoms with E-state index >= 15 is 0 Å². The van der Waals surface area contributed by atoms with E-state index in [9.17, 15) is 9.59 Å². The minimum absolute atomic E-state index is 0.277. The summed E-state index contributed by atoms with van der Waals surface area (Å²) in [5.74, 6) is 0.432. The molecule has 0 saturated heterocycles. The second-order valence-corrected chi connectivity index (χ2v) is 8.11. The lowest BCUT2D eigenvalue weighted by atomic mass is 9.90. The highest BCUT2D eigenvalue weighted by Crippen LogP contribution is 2.32. The number of benzene rings is 1. The molecule has 7 heteroatoms. The maximum absolute atomic E-state index is 12.4. The van der Waals surface area contributed by atoms with E-state index in [4.69, 9.17) is 0 Å². The van der Waals surface area contributed by atoms with Gasteiger partial charge in [-0.1, -0.05) is 37.3 Å². The number of nitrogens with zero attached hydrogens (tertiary/aromatic N) is 2. The van der Waals surface area contributed by atoms with Gasteiger partial charge in [0, 0.05) is 22.8 Å². The van der Waals surface area contributed by atoms with Gasteiger partial charge in [-0.05, 0) is 36.8 Å². The van der Waals surface area contributed by atoms with Gasteiger partial charge in [-0.25, -0.2) is 9.97 Å². The standard InChI is InChI=1S/C21H20N4O2S/c1-13-7-8-17-15(9-13)10-18(28-17)21(27)25-24-20(26)16-11-22-19(23-12-16)14-5-3-2-4-6-14/h2-6,10-13H,7-9H2,1H3,(H,24,26)(H,25,27). The van der Waals surface area contributed by atoms with E-state index in [2.05, 4.69) is 27.7 Å². The predicted molar refractivity (Wildman–Crippen MR) is 108 cm³/mol. The summed E-state index contributed by atoms with van der Waals surface area (Å²) in [6, 6.07) is 11.5. The van der Waals surface area contributed by atoms with Crippen molar-refractivity contribution in [2.75, 3.05) is 0 Å². The lowest BCUT2D eigenvalue weighted by molar-refractivity contribution is 0.0848. The molecule has 4 rings (SSSR count). The van der Waals surface area contributed by atoms with Crippen LogP contribution < -0.4 is 10.9 Å². The van der Waals surface area contributed by atoms with E-state index in [0.717, 1.165) is 24.8 Å². The molecule has 6 nitrogen and oxygen atoms in total. The molecule has 1 atom stereocenters. The summed E-state index contributed by atoms with van der Waals surface area (Å²) >= 11 is 1.50. The Balaban J connectivity index is 1.37. The number of hydrazine groups is 1. The Bertz CT molecular complexity index is 999. The number of nitrogens with one attached hydrogen (secondary N) is 2. The molecule has 1 aliphatic carbocycles. The molecule has 1 aliphatic rings. The van der Waals surface area contributed by atoms with Crippen LogP contribution in [0.25, 0.3) is 11.4 Å². The summed E-state index contributed by atoms with van der Waals surface area (Å²) in [4.78, 5) is 35.0. The molecule has 1 aromatic carbocycles. The number of rotatable bonds is 3. The number of carbonyl (C=O) groups excluding carboxylic acids is 2. The molecule has 2 aromatic heterocycles. The first-order valence-corrected chi connectivity index (χ1v) is 10.0. The van der Waals surface area contributed by atoms with Crippen LogP contribution in [0.5, 0.6) is 0 Å². The van der Waals surface area contributed by atoms with Crippen LogP contribution in [-0.4, -0.2) is 21.8 Å². The fraction of sp³-hybridized carbons (Fsp3) is 0.238. The van der Waals surface area contributed by atoms with E-state index < -0.39 is 5.91 Å². The number of aryl methyl sites for hydroxylation is 1. The Hall–Kier alpha value is -3.06. The fourth-order valence-electron chi connectivity index (χ4n) is 3.25. The van der Waals surface area contributed by atoms with Gasteiger partial charge in [0.25, 0.3) is 11.8 Å². The molecule has 0 fully saturated rings. The van der Waals surface area contributed by atoms with E-state index in [0.29, 0.717) is 16.6 Å². The van der Waals surface area contributed by atoms with Crippen LogP contribution in [0.1, 0.15) is 43.8 Å². The van der Waals surface area contributed by atoms with Gasteiger partial charge >= 0.3 is 0 Å². The minimum atomic E-state index is -0.456. The van der Waals surface area contributed by atoms with Crippen molar-refractivity contribution >= 4 is 23.2 Å². The average Bonchev–Trinajstić information content (AvgIpc) is 3.16. The van der Waals surface area contributed by atoms with E-state index in [1.165, 1.54) is 34.2 Å². The number of fused-ring (bicyclic) bond motifs is 1. The van der Waals surface area contributed by atoms with Gasteiger partial charge in [-0.3, -0.25) is 20.4 Å². The van der Waals surface area contributed by atoms with Crippen LogP contribution in [0.2, 0.25) is 0 Å². The van der Waals surface area contributed by atoms with Gasteiger partial charge < -0.3 is 0 Å². The van der Waals surface area contributed by atoms with Crippen LogP contribution in [0.4, 0.5) is 0 Å². The van der Waals surface area contributed by atoms with Crippen LogP contribution >= 0.6 is 11.3 Å².